The summed E-state index contributed by atoms with van der Waals surface area (Å²) in [6.45, 7) is 1.96. The second kappa shape index (κ2) is 8.46. The van der Waals surface area contributed by atoms with Crippen LogP contribution in [0.5, 0.6) is 0 Å². The van der Waals surface area contributed by atoms with E-state index in [1.54, 1.807) is 18.4 Å². The fourth-order valence-corrected chi connectivity index (χ4v) is 3.56. The van der Waals surface area contributed by atoms with Crippen LogP contribution in [-0.4, -0.2) is 19.9 Å². The molecule has 0 amide bonds. The minimum Gasteiger partial charge on any atom is -0.363 e. The second-order valence-electron chi connectivity index (χ2n) is 6.32. The molecule has 4 rings (SSSR count). The normalized spacial score (nSPS) is 11.8. The lowest BCUT2D eigenvalue weighted by Crippen LogP contribution is -2.30. The van der Waals surface area contributed by atoms with E-state index in [0.717, 1.165) is 22.4 Å². The summed E-state index contributed by atoms with van der Waals surface area (Å²) in [5.74, 6) is -0.260. The number of halogens is 1. The van der Waals surface area contributed by atoms with Crippen LogP contribution in [0.2, 0.25) is 0 Å². The molecule has 29 heavy (non-hydrogen) atoms. The van der Waals surface area contributed by atoms with Crippen LogP contribution in [0.4, 0.5) is 10.1 Å². The maximum absolute atomic E-state index is 13.1. The molecule has 0 saturated carbocycles. The molecular formula is C20H16FN5OS2. The van der Waals surface area contributed by atoms with E-state index in [1.165, 1.54) is 23.7 Å². The van der Waals surface area contributed by atoms with Gasteiger partial charge in [-0.25, -0.2) is 4.39 Å². The Labute approximate surface area is 175 Å². The number of aromatic nitrogens is 3. The van der Waals surface area contributed by atoms with Crippen molar-refractivity contribution in [3.8, 4) is 22.5 Å². The quantitative estimate of drug-likeness (QED) is 0.434. The van der Waals surface area contributed by atoms with Gasteiger partial charge < -0.3 is 15.2 Å². The van der Waals surface area contributed by atoms with Crippen LogP contribution in [0.25, 0.3) is 22.5 Å². The van der Waals surface area contributed by atoms with Gasteiger partial charge in [-0.1, -0.05) is 33.9 Å². The van der Waals surface area contributed by atoms with E-state index in [2.05, 4.69) is 25.4 Å². The molecule has 9 heteroatoms. The summed E-state index contributed by atoms with van der Waals surface area (Å²) in [6, 6.07) is 14.0. The standard InChI is InChI=1S/C20H16FN5OS2/c1-12(13-2-6-15(21)7-3-13)22-20(28)23-16-8-4-14(5-9-16)17-10-27-25-19(17)18-11-29-26-24-18/h2-12H,1H3,(H2,22,23,28). The van der Waals surface area contributed by atoms with E-state index in [4.69, 9.17) is 16.7 Å². The summed E-state index contributed by atoms with van der Waals surface area (Å²) in [5, 5.41) is 16.7. The number of rotatable bonds is 5. The van der Waals surface area contributed by atoms with Crippen LogP contribution in [0.1, 0.15) is 18.5 Å². The highest BCUT2D eigenvalue weighted by molar-refractivity contribution is 7.80. The molecule has 146 valence electrons. The monoisotopic (exact) mass is 425 g/mol. The number of hydrogen-bond acceptors (Lipinski definition) is 6. The lowest BCUT2D eigenvalue weighted by atomic mass is 10.1. The maximum atomic E-state index is 13.1. The Balaban J connectivity index is 1.42. The summed E-state index contributed by atoms with van der Waals surface area (Å²) in [7, 11) is 0. The van der Waals surface area contributed by atoms with E-state index in [-0.39, 0.29) is 11.9 Å². The number of nitrogens with zero attached hydrogens (tertiary/aromatic N) is 3. The van der Waals surface area contributed by atoms with Crippen molar-refractivity contribution < 1.29 is 8.91 Å². The van der Waals surface area contributed by atoms with Crippen molar-refractivity contribution in [3.63, 3.8) is 0 Å². The number of hydrogen-bond donors (Lipinski definition) is 2. The van der Waals surface area contributed by atoms with Gasteiger partial charge in [0.05, 0.1) is 11.6 Å². The van der Waals surface area contributed by atoms with Crippen LogP contribution in [-0.2, 0) is 0 Å². The third kappa shape index (κ3) is 4.47. The maximum Gasteiger partial charge on any atom is 0.171 e. The van der Waals surface area contributed by atoms with Gasteiger partial charge in [-0.2, -0.15) is 0 Å². The molecule has 0 spiro atoms. The average molecular weight is 426 g/mol. The van der Waals surface area contributed by atoms with Gasteiger partial charge in [-0.15, -0.1) is 5.10 Å². The average Bonchev–Trinajstić information content (AvgIpc) is 3.40. The largest absolute Gasteiger partial charge is 0.363 e. The number of benzene rings is 2. The third-order valence-electron chi connectivity index (χ3n) is 4.34. The topological polar surface area (TPSA) is 75.9 Å². The summed E-state index contributed by atoms with van der Waals surface area (Å²) >= 11 is 6.65. The first kappa shape index (κ1) is 19.2. The smallest absolute Gasteiger partial charge is 0.171 e. The van der Waals surface area contributed by atoms with Crippen molar-refractivity contribution in [2.75, 3.05) is 5.32 Å². The van der Waals surface area contributed by atoms with Gasteiger partial charge in [0, 0.05) is 11.1 Å². The highest BCUT2D eigenvalue weighted by Gasteiger charge is 2.14. The highest BCUT2D eigenvalue weighted by Crippen LogP contribution is 2.31. The van der Waals surface area contributed by atoms with Crippen LogP contribution in [0, 0.1) is 5.82 Å². The van der Waals surface area contributed by atoms with Crippen LogP contribution < -0.4 is 10.6 Å². The van der Waals surface area contributed by atoms with Crippen molar-refractivity contribution in [2.24, 2.45) is 0 Å². The molecule has 0 radical (unpaired) electrons. The second-order valence-corrected chi connectivity index (χ2v) is 7.33. The van der Waals surface area contributed by atoms with E-state index in [9.17, 15) is 4.39 Å². The number of anilines is 1. The number of thiocarbonyl (C=S) groups is 1. The van der Waals surface area contributed by atoms with Gasteiger partial charge in [0.2, 0.25) is 0 Å². The fraction of sp³-hybridized carbons (Fsp3) is 0.100. The van der Waals surface area contributed by atoms with E-state index < -0.39 is 0 Å². The minimum atomic E-state index is -0.260. The lowest BCUT2D eigenvalue weighted by molar-refractivity contribution is 0.422. The van der Waals surface area contributed by atoms with Gasteiger partial charge in [0.25, 0.3) is 0 Å². The summed E-state index contributed by atoms with van der Waals surface area (Å²) in [4.78, 5) is 0. The van der Waals surface area contributed by atoms with Crippen molar-refractivity contribution >= 4 is 34.6 Å². The third-order valence-corrected chi connectivity index (χ3v) is 5.07. The lowest BCUT2D eigenvalue weighted by Gasteiger charge is -2.17. The van der Waals surface area contributed by atoms with Gasteiger partial charge in [0.1, 0.15) is 23.5 Å². The molecule has 0 fully saturated rings. The van der Waals surface area contributed by atoms with Gasteiger partial charge in [-0.3, -0.25) is 0 Å². The van der Waals surface area contributed by atoms with E-state index in [1.807, 2.05) is 36.6 Å². The zero-order chi connectivity index (χ0) is 20.2. The molecule has 0 aliphatic rings. The highest BCUT2D eigenvalue weighted by atomic mass is 32.1. The Kier molecular flexibility index (Phi) is 5.59. The number of nitrogens with one attached hydrogen (secondary N) is 2. The Morgan fingerprint density at radius 2 is 1.90 bits per heavy atom. The molecule has 4 aromatic rings. The zero-order valence-electron chi connectivity index (χ0n) is 15.3. The molecule has 2 aromatic carbocycles. The van der Waals surface area contributed by atoms with Crippen LogP contribution in [0.15, 0.2) is 64.7 Å². The molecule has 2 N–H and O–H groups in total. The SMILES string of the molecule is CC(NC(=S)Nc1ccc(-c2conc2-c2csnn2)cc1)c1ccc(F)cc1. The first-order valence-corrected chi connectivity index (χ1v) is 10.00. The van der Waals surface area contributed by atoms with Gasteiger partial charge >= 0.3 is 0 Å². The minimum absolute atomic E-state index is 0.0545. The van der Waals surface area contributed by atoms with E-state index in [0.29, 0.717) is 16.5 Å². The Hall–Kier alpha value is -3.17. The van der Waals surface area contributed by atoms with Crippen LogP contribution >= 0.6 is 23.8 Å². The van der Waals surface area contributed by atoms with Crippen molar-refractivity contribution in [1.29, 1.82) is 0 Å². The molecule has 0 saturated heterocycles. The first-order valence-electron chi connectivity index (χ1n) is 8.75. The zero-order valence-corrected chi connectivity index (χ0v) is 16.9. The van der Waals surface area contributed by atoms with Crippen molar-refractivity contribution in [3.05, 3.63) is 71.6 Å². The Bertz CT molecular complexity index is 1090. The van der Waals surface area contributed by atoms with Crippen molar-refractivity contribution in [1.82, 2.24) is 20.1 Å². The van der Waals surface area contributed by atoms with Crippen LogP contribution in [0.3, 0.4) is 0 Å². The molecule has 2 aromatic heterocycles. The molecule has 2 heterocycles. The predicted octanol–water partition coefficient (Wildman–Crippen LogP) is 5.05. The fourth-order valence-electron chi connectivity index (χ4n) is 2.83. The Morgan fingerprint density at radius 3 is 2.59 bits per heavy atom. The molecule has 0 bridgehead atoms. The molecule has 0 aliphatic heterocycles. The molecule has 0 aliphatic carbocycles. The van der Waals surface area contributed by atoms with Crippen molar-refractivity contribution in [2.45, 2.75) is 13.0 Å². The van der Waals surface area contributed by atoms with E-state index >= 15 is 0 Å². The molecule has 6 nitrogen and oxygen atoms in total. The summed E-state index contributed by atoms with van der Waals surface area (Å²) < 4.78 is 22.1. The predicted molar refractivity (Wildman–Crippen MR) is 115 cm³/mol. The Morgan fingerprint density at radius 1 is 1.14 bits per heavy atom. The molecule has 1 unspecified atom stereocenters. The first-order chi connectivity index (χ1) is 14.1. The summed E-state index contributed by atoms with van der Waals surface area (Å²) in [5.41, 5.74) is 4.91. The van der Waals surface area contributed by atoms with Gasteiger partial charge in [0.15, 0.2) is 5.11 Å². The molecule has 1 atom stereocenters. The molecular weight excluding hydrogens is 409 g/mol. The van der Waals surface area contributed by atoms with Gasteiger partial charge in [-0.05, 0) is 66.1 Å². The summed E-state index contributed by atoms with van der Waals surface area (Å²) in [6.07, 6.45) is 1.59.